The van der Waals surface area contributed by atoms with Crippen molar-refractivity contribution in [3.63, 3.8) is 0 Å². The van der Waals surface area contributed by atoms with Gasteiger partial charge in [0.1, 0.15) is 12.2 Å². The number of halogens is 1. The number of aliphatic carboxylic acids is 1. The van der Waals surface area contributed by atoms with Crippen molar-refractivity contribution in [2.75, 3.05) is 18.5 Å². The first kappa shape index (κ1) is 19.2. The zero-order valence-corrected chi connectivity index (χ0v) is 16.6. The lowest BCUT2D eigenvalue weighted by Gasteiger charge is -2.13. The van der Waals surface area contributed by atoms with Gasteiger partial charge in [0.05, 0.1) is 16.2 Å². The minimum Gasteiger partial charge on any atom is -0.480 e. The molecule has 10 heteroatoms. The van der Waals surface area contributed by atoms with E-state index in [4.69, 9.17) is 16.7 Å². The maximum absolute atomic E-state index is 13.0. The third-order valence-corrected chi connectivity index (χ3v) is 5.80. The van der Waals surface area contributed by atoms with Crippen LogP contribution in [-0.2, 0) is 14.4 Å². The molecule has 0 radical (unpaired) electrons. The number of carboxylic acid groups (broad SMARTS) is 1. The minimum atomic E-state index is -1.14. The highest BCUT2D eigenvalue weighted by atomic mass is 35.5. The van der Waals surface area contributed by atoms with Crippen LogP contribution >= 0.6 is 23.4 Å². The zero-order valence-electron chi connectivity index (χ0n) is 15.0. The highest BCUT2D eigenvalue weighted by molar-refractivity contribution is 8.18. The van der Waals surface area contributed by atoms with Gasteiger partial charge >= 0.3 is 5.97 Å². The van der Waals surface area contributed by atoms with Crippen molar-refractivity contribution in [3.8, 4) is 0 Å². The fourth-order valence-electron chi connectivity index (χ4n) is 3.05. The number of anilines is 1. The molecule has 0 unspecified atom stereocenters. The largest absolute Gasteiger partial charge is 0.480 e. The fraction of sp³-hybridized carbons (Fsp3) is 0.105. The number of rotatable bonds is 3. The smallest absolute Gasteiger partial charge is 0.323 e. The molecule has 1 saturated heterocycles. The summed E-state index contributed by atoms with van der Waals surface area (Å²) in [5.74, 6) is -2.07. The van der Waals surface area contributed by atoms with E-state index in [1.54, 1.807) is 43.4 Å². The normalized spacial score (nSPS) is 20.0. The van der Waals surface area contributed by atoms with Crippen LogP contribution in [0.4, 0.5) is 11.4 Å². The van der Waals surface area contributed by atoms with Gasteiger partial charge in [-0.05, 0) is 30.0 Å². The lowest BCUT2D eigenvalue weighted by atomic mass is 10.1. The summed E-state index contributed by atoms with van der Waals surface area (Å²) in [7, 11) is 1.55. The molecule has 4 rings (SSSR count). The molecule has 29 heavy (non-hydrogen) atoms. The maximum Gasteiger partial charge on any atom is 0.323 e. The molecule has 2 aliphatic rings. The predicted molar refractivity (Wildman–Crippen MR) is 110 cm³/mol. The van der Waals surface area contributed by atoms with Gasteiger partial charge in [0.25, 0.3) is 11.8 Å². The van der Waals surface area contributed by atoms with Crippen molar-refractivity contribution in [1.29, 1.82) is 0 Å². The Balaban J connectivity index is 1.81. The van der Waals surface area contributed by atoms with Gasteiger partial charge in [-0.2, -0.15) is 0 Å². The molecule has 146 valence electrons. The third-order valence-electron chi connectivity index (χ3n) is 4.38. The standard InChI is InChI=1S/C19H13ClN4O4S/c1-23-18(28)15(29-19(23)22-11-6-4-8-21-16(11)20)14-10-5-2-3-7-12(10)24(17(14)27)9-13(25)26/h2-8H,9H2,1H3,(H,25,26)/b15-14-,22-19?. The summed E-state index contributed by atoms with van der Waals surface area (Å²) < 4.78 is 0. The zero-order chi connectivity index (χ0) is 20.7. The van der Waals surface area contributed by atoms with Crippen LogP contribution in [0.1, 0.15) is 5.56 Å². The van der Waals surface area contributed by atoms with Crippen LogP contribution in [0, 0.1) is 0 Å². The summed E-state index contributed by atoms with van der Waals surface area (Å²) in [5.41, 5.74) is 1.54. The molecule has 2 amide bonds. The van der Waals surface area contributed by atoms with Gasteiger partial charge in [-0.1, -0.05) is 29.8 Å². The second-order valence-corrected chi connectivity index (χ2v) is 7.52. The molecule has 0 aliphatic carbocycles. The fourth-order valence-corrected chi connectivity index (χ4v) is 4.29. The molecule has 0 atom stereocenters. The van der Waals surface area contributed by atoms with E-state index < -0.39 is 24.3 Å². The number of amides is 2. The SMILES string of the molecule is CN1C(=O)/C(=C2/C(=O)N(CC(=O)O)c3ccccc32)SC1=Nc1cccnc1Cl. The monoisotopic (exact) mass is 428 g/mol. The molecular weight excluding hydrogens is 416 g/mol. The van der Waals surface area contributed by atoms with Crippen LogP contribution in [0.5, 0.6) is 0 Å². The first-order valence-electron chi connectivity index (χ1n) is 8.41. The second kappa shape index (κ2) is 7.34. The van der Waals surface area contributed by atoms with E-state index in [9.17, 15) is 14.4 Å². The number of benzene rings is 1. The Morgan fingerprint density at radius 3 is 2.69 bits per heavy atom. The number of carbonyl (C=O) groups excluding carboxylic acids is 2. The number of hydrogen-bond acceptors (Lipinski definition) is 6. The lowest BCUT2D eigenvalue weighted by molar-refractivity contribution is -0.136. The van der Waals surface area contributed by atoms with E-state index in [-0.39, 0.29) is 15.6 Å². The van der Waals surface area contributed by atoms with Crippen LogP contribution in [0.2, 0.25) is 5.15 Å². The molecule has 0 bridgehead atoms. The molecular formula is C19H13ClN4O4S. The van der Waals surface area contributed by atoms with E-state index in [2.05, 4.69) is 9.98 Å². The second-order valence-electron chi connectivity index (χ2n) is 6.18. The van der Waals surface area contributed by atoms with E-state index >= 15 is 0 Å². The molecule has 8 nitrogen and oxygen atoms in total. The molecule has 0 spiro atoms. The predicted octanol–water partition coefficient (Wildman–Crippen LogP) is 2.77. The van der Waals surface area contributed by atoms with Gasteiger partial charge in [0.15, 0.2) is 10.3 Å². The maximum atomic E-state index is 13.0. The molecule has 3 heterocycles. The van der Waals surface area contributed by atoms with Crippen LogP contribution < -0.4 is 4.90 Å². The number of amidine groups is 1. The number of aromatic nitrogens is 1. The molecule has 1 aromatic carbocycles. The Bertz CT molecular complexity index is 1130. The number of carbonyl (C=O) groups is 3. The van der Waals surface area contributed by atoms with Gasteiger partial charge in [0, 0.05) is 18.8 Å². The van der Waals surface area contributed by atoms with Crippen molar-refractivity contribution in [2.24, 2.45) is 4.99 Å². The summed E-state index contributed by atoms with van der Waals surface area (Å²) in [6.45, 7) is -0.492. The topological polar surface area (TPSA) is 103 Å². The first-order chi connectivity index (χ1) is 13.9. The first-order valence-corrected chi connectivity index (χ1v) is 9.60. The average Bonchev–Trinajstić information content (AvgIpc) is 3.12. The quantitative estimate of drug-likeness (QED) is 0.595. The summed E-state index contributed by atoms with van der Waals surface area (Å²) >= 11 is 7.09. The molecule has 2 aromatic rings. The van der Waals surface area contributed by atoms with Gasteiger partial charge in [0.2, 0.25) is 0 Å². The van der Waals surface area contributed by atoms with Gasteiger partial charge < -0.3 is 5.11 Å². The molecule has 1 aromatic heterocycles. The average molecular weight is 429 g/mol. The number of para-hydroxylation sites is 1. The number of likely N-dealkylation sites (N-methyl/N-ethyl adjacent to an activating group) is 1. The van der Waals surface area contributed by atoms with E-state index in [0.29, 0.717) is 22.1 Å². The number of aliphatic imine (C=N–C) groups is 1. The summed E-state index contributed by atoms with van der Waals surface area (Å²) in [5, 5.41) is 9.70. The van der Waals surface area contributed by atoms with Crippen LogP contribution in [0.25, 0.3) is 5.57 Å². The molecule has 2 aliphatic heterocycles. The van der Waals surface area contributed by atoms with Crippen molar-refractivity contribution in [2.45, 2.75) is 0 Å². The van der Waals surface area contributed by atoms with Crippen molar-refractivity contribution >= 4 is 63.3 Å². The Labute approximate surface area is 174 Å². The molecule has 1 N–H and O–H groups in total. The third kappa shape index (κ3) is 3.28. The highest BCUT2D eigenvalue weighted by Crippen LogP contribution is 2.44. The lowest BCUT2D eigenvalue weighted by Crippen LogP contribution is -2.32. The van der Waals surface area contributed by atoms with Crippen molar-refractivity contribution in [1.82, 2.24) is 9.88 Å². The Morgan fingerprint density at radius 1 is 1.21 bits per heavy atom. The Kier molecular flexibility index (Phi) is 4.85. The Hall–Kier alpha value is -3.17. The number of thioether (sulfide) groups is 1. The van der Waals surface area contributed by atoms with Crippen LogP contribution in [-0.4, -0.2) is 51.5 Å². The molecule has 0 saturated carbocycles. The van der Waals surface area contributed by atoms with Crippen molar-refractivity contribution in [3.05, 3.63) is 58.2 Å². The summed E-state index contributed by atoms with van der Waals surface area (Å²) in [6.07, 6.45) is 1.53. The number of pyridine rings is 1. The summed E-state index contributed by atoms with van der Waals surface area (Å²) in [4.78, 5) is 48.1. The molecule has 1 fully saturated rings. The number of fused-ring (bicyclic) bond motifs is 1. The number of carboxylic acids is 1. The minimum absolute atomic E-state index is 0.172. The van der Waals surface area contributed by atoms with E-state index in [1.165, 1.54) is 11.1 Å². The van der Waals surface area contributed by atoms with E-state index in [1.807, 2.05) is 0 Å². The Morgan fingerprint density at radius 2 is 1.97 bits per heavy atom. The number of nitrogens with zero attached hydrogens (tertiary/aromatic N) is 4. The van der Waals surface area contributed by atoms with Crippen LogP contribution in [0.3, 0.4) is 0 Å². The van der Waals surface area contributed by atoms with Crippen LogP contribution in [0.15, 0.2) is 52.5 Å². The van der Waals surface area contributed by atoms with Gasteiger partial charge in [-0.3, -0.25) is 24.2 Å². The number of hydrogen-bond donors (Lipinski definition) is 1. The van der Waals surface area contributed by atoms with Crippen molar-refractivity contribution < 1.29 is 19.5 Å². The highest BCUT2D eigenvalue weighted by Gasteiger charge is 2.41. The summed E-state index contributed by atoms with van der Waals surface area (Å²) in [6, 6.07) is 10.1. The van der Waals surface area contributed by atoms with Gasteiger partial charge in [-0.25, -0.2) is 9.98 Å². The van der Waals surface area contributed by atoms with E-state index in [0.717, 1.165) is 16.7 Å². The van der Waals surface area contributed by atoms with Gasteiger partial charge in [-0.15, -0.1) is 0 Å².